The van der Waals surface area contributed by atoms with Crippen molar-refractivity contribution in [3.05, 3.63) is 35.4 Å². The summed E-state index contributed by atoms with van der Waals surface area (Å²) in [6.07, 6.45) is 0.850. The summed E-state index contributed by atoms with van der Waals surface area (Å²) in [6, 6.07) is 5.95. The molecular formula is C21H30N4O3. The fourth-order valence-electron chi connectivity index (χ4n) is 3.87. The Labute approximate surface area is 166 Å². The van der Waals surface area contributed by atoms with E-state index in [0.29, 0.717) is 17.7 Å². The zero-order valence-corrected chi connectivity index (χ0v) is 17.0. The van der Waals surface area contributed by atoms with Crippen LogP contribution >= 0.6 is 0 Å². The van der Waals surface area contributed by atoms with E-state index in [1.54, 1.807) is 24.3 Å². The summed E-state index contributed by atoms with van der Waals surface area (Å²) in [7, 11) is 2.13. The second kappa shape index (κ2) is 8.84. The monoisotopic (exact) mass is 386 g/mol. The van der Waals surface area contributed by atoms with Crippen LogP contribution in [-0.2, 0) is 4.79 Å². The molecule has 28 heavy (non-hydrogen) atoms. The minimum atomic E-state index is -0.795. The van der Waals surface area contributed by atoms with E-state index in [0.717, 1.165) is 44.0 Å². The number of rotatable bonds is 7. The van der Waals surface area contributed by atoms with Gasteiger partial charge in [-0.25, -0.2) is 0 Å². The minimum absolute atomic E-state index is 0.167. The molecule has 2 aliphatic heterocycles. The lowest BCUT2D eigenvalue weighted by Crippen LogP contribution is -2.52. The number of carbonyl (C=O) groups excluding carboxylic acids is 3. The van der Waals surface area contributed by atoms with Crippen molar-refractivity contribution in [3.63, 3.8) is 0 Å². The lowest BCUT2D eigenvalue weighted by molar-refractivity contribution is -0.126. The molecule has 1 atom stereocenters. The SMILES string of the molecule is CC(C)C(C(=O)NCCCN1CCN(C)CC1)N1C(=O)c2ccccc2C1=O. The third-order valence-electron chi connectivity index (χ3n) is 5.55. The quantitative estimate of drug-likeness (QED) is 0.560. The molecule has 0 saturated carbocycles. The van der Waals surface area contributed by atoms with Gasteiger partial charge in [-0.2, -0.15) is 0 Å². The van der Waals surface area contributed by atoms with Gasteiger partial charge in [0.2, 0.25) is 5.91 Å². The fourth-order valence-corrected chi connectivity index (χ4v) is 3.87. The summed E-state index contributed by atoms with van der Waals surface area (Å²) in [5.41, 5.74) is 0.752. The second-order valence-electron chi connectivity index (χ2n) is 8.00. The van der Waals surface area contributed by atoms with Crippen molar-refractivity contribution in [2.24, 2.45) is 5.92 Å². The first-order valence-corrected chi connectivity index (χ1v) is 10.1. The smallest absolute Gasteiger partial charge is 0.262 e. The van der Waals surface area contributed by atoms with Gasteiger partial charge >= 0.3 is 0 Å². The third-order valence-corrected chi connectivity index (χ3v) is 5.55. The third kappa shape index (κ3) is 4.25. The maximum Gasteiger partial charge on any atom is 0.262 e. The highest BCUT2D eigenvalue weighted by Crippen LogP contribution is 2.27. The van der Waals surface area contributed by atoms with E-state index >= 15 is 0 Å². The molecule has 1 N–H and O–H groups in total. The molecule has 0 radical (unpaired) electrons. The van der Waals surface area contributed by atoms with Gasteiger partial charge < -0.3 is 15.1 Å². The van der Waals surface area contributed by atoms with Crippen LogP contribution in [0.25, 0.3) is 0 Å². The van der Waals surface area contributed by atoms with Crippen molar-refractivity contribution in [3.8, 4) is 0 Å². The standard InChI is InChI=1S/C21H30N4O3/c1-15(2)18(25-20(27)16-7-4-5-8-17(16)21(25)28)19(26)22-9-6-10-24-13-11-23(3)12-14-24/h4-5,7-8,15,18H,6,9-14H2,1-3H3,(H,22,26). The summed E-state index contributed by atoms with van der Waals surface area (Å²) in [6.45, 7) is 9.44. The molecule has 1 aromatic carbocycles. The number of benzene rings is 1. The number of hydrogen-bond acceptors (Lipinski definition) is 5. The zero-order valence-electron chi connectivity index (χ0n) is 17.0. The molecule has 0 spiro atoms. The number of nitrogens with one attached hydrogen (secondary N) is 1. The van der Waals surface area contributed by atoms with Gasteiger partial charge in [0.15, 0.2) is 0 Å². The van der Waals surface area contributed by atoms with Gasteiger partial charge in [0.05, 0.1) is 11.1 Å². The Morgan fingerprint density at radius 2 is 1.61 bits per heavy atom. The topological polar surface area (TPSA) is 73.0 Å². The molecule has 0 bridgehead atoms. The minimum Gasteiger partial charge on any atom is -0.354 e. The number of likely N-dealkylation sites (N-methyl/N-ethyl adjacent to an activating group) is 1. The van der Waals surface area contributed by atoms with E-state index in [-0.39, 0.29) is 23.6 Å². The van der Waals surface area contributed by atoms with E-state index < -0.39 is 6.04 Å². The van der Waals surface area contributed by atoms with Crippen LogP contribution in [0.3, 0.4) is 0 Å². The molecule has 0 aliphatic carbocycles. The predicted molar refractivity (Wildman–Crippen MR) is 107 cm³/mol. The summed E-state index contributed by atoms with van der Waals surface area (Å²) in [5.74, 6) is -1.19. The molecule has 1 saturated heterocycles. The first-order chi connectivity index (χ1) is 13.4. The van der Waals surface area contributed by atoms with Crippen LogP contribution in [0.15, 0.2) is 24.3 Å². The second-order valence-corrected chi connectivity index (χ2v) is 8.00. The van der Waals surface area contributed by atoms with Gasteiger partial charge in [-0.15, -0.1) is 0 Å². The summed E-state index contributed by atoms with van der Waals surface area (Å²) in [5, 5.41) is 2.94. The highest BCUT2D eigenvalue weighted by molar-refractivity contribution is 6.22. The van der Waals surface area contributed by atoms with Crippen LogP contribution in [0.4, 0.5) is 0 Å². The highest BCUT2D eigenvalue weighted by atomic mass is 16.2. The average Bonchev–Trinajstić information content (AvgIpc) is 2.92. The van der Waals surface area contributed by atoms with E-state index in [9.17, 15) is 14.4 Å². The molecule has 1 unspecified atom stereocenters. The van der Waals surface area contributed by atoms with Crippen LogP contribution in [-0.4, -0.2) is 84.8 Å². The van der Waals surface area contributed by atoms with E-state index in [1.165, 1.54) is 0 Å². The molecule has 7 nitrogen and oxygen atoms in total. The number of fused-ring (bicyclic) bond motifs is 1. The van der Waals surface area contributed by atoms with Crippen LogP contribution in [0.1, 0.15) is 41.0 Å². The van der Waals surface area contributed by atoms with E-state index in [4.69, 9.17) is 0 Å². The van der Waals surface area contributed by atoms with E-state index in [1.807, 2.05) is 13.8 Å². The predicted octanol–water partition coefficient (Wildman–Crippen LogP) is 1.06. The zero-order chi connectivity index (χ0) is 20.3. The van der Waals surface area contributed by atoms with Gasteiger partial charge in [-0.05, 0) is 38.1 Å². The number of carbonyl (C=O) groups is 3. The van der Waals surface area contributed by atoms with Gasteiger partial charge in [0, 0.05) is 32.7 Å². The molecule has 2 heterocycles. The Hall–Kier alpha value is -2.25. The Morgan fingerprint density at radius 3 is 2.14 bits per heavy atom. The normalized spacial score (nSPS) is 19.2. The van der Waals surface area contributed by atoms with Gasteiger partial charge in [-0.3, -0.25) is 19.3 Å². The number of amides is 3. The number of nitrogens with zero attached hydrogens (tertiary/aromatic N) is 3. The van der Waals surface area contributed by atoms with Crippen molar-refractivity contribution in [1.29, 1.82) is 0 Å². The summed E-state index contributed by atoms with van der Waals surface area (Å²) in [4.78, 5) is 44.1. The molecule has 1 aromatic rings. The van der Waals surface area contributed by atoms with Crippen LogP contribution in [0.5, 0.6) is 0 Å². The number of imide groups is 1. The molecule has 0 aromatic heterocycles. The van der Waals surface area contributed by atoms with Gasteiger partial charge in [0.1, 0.15) is 6.04 Å². The lowest BCUT2D eigenvalue weighted by Gasteiger charge is -2.32. The molecule has 1 fully saturated rings. The van der Waals surface area contributed by atoms with Crippen LogP contribution < -0.4 is 5.32 Å². The molecule has 3 rings (SSSR count). The van der Waals surface area contributed by atoms with E-state index in [2.05, 4.69) is 22.2 Å². The Kier molecular flexibility index (Phi) is 6.46. The first-order valence-electron chi connectivity index (χ1n) is 10.1. The average molecular weight is 386 g/mol. The Morgan fingerprint density at radius 1 is 1.04 bits per heavy atom. The largest absolute Gasteiger partial charge is 0.354 e. The number of hydrogen-bond donors (Lipinski definition) is 1. The van der Waals surface area contributed by atoms with Crippen molar-refractivity contribution in [2.75, 3.05) is 46.3 Å². The molecule has 7 heteroatoms. The van der Waals surface area contributed by atoms with Gasteiger partial charge in [0.25, 0.3) is 11.8 Å². The van der Waals surface area contributed by atoms with Crippen molar-refractivity contribution in [1.82, 2.24) is 20.0 Å². The molecule has 152 valence electrons. The summed E-state index contributed by atoms with van der Waals surface area (Å²) < 4.78 is 0. The highest BCUT2D eigenvalue weighted by Gasteiger charge is 2.43. The fraction of sp³-hybridized carbons (Fsp3) is 0.571. The maximum atomic E-state index is 12.8. The van der Waals surface area contributed by atoms with Crippen molar-refractivity contribution >= 4 is 17.7 Å². The Balaban J connectivity index is 1.56. The van der Waals surface area contributed by atoms with Gasteiger partial charge in [-0.1, -0.05) is 26.0 Å². The first kappa shape index (κ1) is 20.5. The molecule has 2 aliphatic rings. The molecular weight excluding hydrogens is 356 g/mol. The number of piperazine rings is 1. The maximum absolute atomic E-state index is 12.8. The molecule has 3 amide bonds. The lowest BCUT2D eigenvalue weighted by atomic mass is 10.0. The van der Waals surface area contributed by atoms with Crippen LogP contribution in [0, 0.1) is 5.92 Å². The summed E-state index contributed by atoms with van der Waals surface area (Å²) >= 11 is 0. The van der Waals surface area contributed by atoms with Crippen molar-refractivity contribution in [2.45, 2.75) is 26.3 Å². The van der Waals surface area contributed by atoms with Crippen molar-refractivity contribution < 1.29 is 14.4 Å². The Bertz CT molecular complexity index is 706. The van der Waals surface area contributed by atoms with Crippen LogP contribution in [0.2, 0.25) is 0 Å².